The zero-order valence-electron chi connectivity index (χ0n) is 15.5. The van der Waals surface area contributed by atoms with Gasteiger partial charge in [-0.05, 0) is 38.1 Å². The lowest BCUT2D eigenvalue weighted by Gasteiger charge is -2.17. The molecule has 0 spiro atoms. The van der Waals surface area contributed by atoms with Crippen LogP contribution in [0.1, 0.15) is 38.6 Å². The first-order chi connectivity index (χ1) is 11.7. The van der Waals surface area contributed by atoms with E-state index in [0.717, 1.165) is 17.1 Å². The summed E-state index contributed by atoms with van der Waals surface area (Å²) in [6, 6.07) is 9.54. The molecule has 0 saturated carbocycles. The summed E-state index contributed by atoms with van der Waals surface area (Å²) in [6.45, 7) is 9.77. The largest absolute Gasteiger partial charge is 0.355 e. The monoisotopic (exact) mass is 342 g/mol. The van der Waals surface area contributed by atoms with Gasteiger partial charge in [-0.3, -0.25) is 9.59 Å². The Morgan fingerprint density at radius 1 is 1.16 bits per heavy atom. The molecule has 2 aromatic rings. The second kappa shape index (κ2) is 7.51. The van der Waals surface area contributed by atoms with Gasteiger partial charge in [0.1, 0.15) is 0 Å². The Morgan fingerprint density at radius 2 is 1.88 bits per heavy atom. The van der Waals surface area contributed by atoms with Gasteiger partial charge in [-0.15, -0.1) is 0 Å². The Balaban J connectivity index is 1.95. The molecule has 25 heavy (non-hydrogen) atoms. The van der Waals surface area contributed by atoms with E-state index >= 15 is 0 Å². The van der Waals surface area contributed by atoms with Crippen molar-refractivity contribution in [1.29, 1.82) is 0 Å². The second-order valence-corrected chi connectivity index (χ2v) is 7.19. The Kier molecular flexibility index (Phi) is 5.62. The Bertz CT molecular complexity index is 772. The molecule has 0 aliphatic rings. The summed E-state index contributed by atoms with van der Waals surface area (Å²) in [6.07, 6.45) is 0.228. The molecule has 2 N–H and O–H groups in total. The number of hydrogen-bond acceptors (Lipinski definition) is 3. The SMILES string of the molecule is Cc1cc(C)n(-c2cccc(NC(=O)CCNC(=O)C(C)(C)C)c2)n1. The molecule has 2 amide bonds. The van der Waals surface area contributed by atoms with Crippen molar-refractivity contribution < 1.29 is 9.59 Å². The predicted molar refractivity (Wildman–Crippen MR) is 98.7 cm³/mol. The highest BCUT2D eigenvalue weighted by Crippen LogP contribution is 2.17. The number of nitrogens with one attached hydrogen (secondary N) is 2. The number of aryl methyl sites for hydroxylation is 2. The van der Waals surface area contributed by atoms with Crippen molar-refractivity contribution in [2.24, 2.45) is 5.41 Å². The van der Waals surface area contributed by atoms with E-state index in [9.17, 15) is 9.59 Å². The minimum atomic E-state index is -0.454. The summed E-state index contributed by atoms with van der Waals surface area (Å²) in [5.74, 6) is -0.202. The highest BCUT2D eigenvalue weighted by molar-refractivity contribution is 5.91. The highest BCUT2D eigenvalue weighted by Gasteiger charge is 2.20. The minimum absolute atomic E-state index is 0.0631. The molecular formula is C19H26N4O2. The maximum Gasteiger partial charge on any atom is 0.226 e. The van der Waals surface area contributed by atoms with Gasteiger partial charge < -0.3 is 10.6 Å². The molecule has 6 nitrogen and oxygen atoms in total. The van der Waals surface area contributed by atoms with Crippen molar-refractivity contribution in [1.82, 2.24) is 15.1 Å². The molecule has 0 aliphatic carbocycles. The third-order valence-electron chi connectivity index (χ3n) is 3.70. The summed E-state index contributed by atoms with van der Waals surface area (Å²) >= 11 is 0. The molecule has 1 aromatic heterocycles. The van der Waals surface area contributed by atoms with E-state index in [0.29, 0.717) is 12.2 Å². The number of benzene rings is 1. The van der Waals surface area contributed by atoms with Crippen molar-refractivity contribution in [3.8, 4) is 5.69 Å². The van der Waals surface area contributed by atoms with Gasteiger partial charge in [0.2, 0.25) is 11.8 Å². The molecule has 134 valence electrons. The van der Waals surface area contributed by atoms with Crippen molar-refractivity contribution in [3.63, 3.8) is 0 Å². The fourth-order valence-electron chi connectivity index (χ4n) is 2.38. The van der Waals surface area contributed by atoms with Crippen LogP contribution in [0.25, 0.3) is 5.69 Å². The molecular weight excluding hydrogens is 316 g/mol. The average molecular weight is 342 g/mol. The quantitative estimate of drug-likeness (QED) is 0.877. The molecule has 1 heterocycles. The maximum absolute atomic E-state index is 12.1. The third kappa shape index (κ3) is 5.17. The van der Waals surface area contributed by atoms with Crippen LogP contribution in [0.5, 0.6) is 0 Å². The van der Waals surface area contributed by atoms with E-state index < -0.39 is 5.41 Å². The third-order valence-corrected chi connectivity index (χ3v) is 3.70. The van der Waals surface area contributed by atoms with Gasteiger partial charge in [0, 0.05) is 29.8 Å². The molecule has 2 rings (SSSR count). The zero-order valence-corrected chi connectivity index (χ0v) is 15.5. The average Bonchev–Trinajstić information content (AvgIpc) is 2.85. The lowest BCUT2D eigenvalue weighted by Crippen LogP contribution is -2.36. The van der Waals surface area contributed by atoms with Gasteiger partial charge in [0.05, 0.1) is 11.4 Å². The Morgan fingerprint density at radius 3 is 2.48 bits per heavy atom. The topological polar surface area (TPSA) is 76.0 Å². The van der Waals surface area contributed by atoms with Crippen LogP contribution < -0.4 is 10.6 Å². The van der Waals surface area contributed by atoms with Crippen LogP contribution in [0.2, 0.25) is 0 Å². The van der Waals surface area contributed by atoms with Crippen LogP contribution in [0, 0.1) is 19.3 Å². The van der Waals surface area contributed by atoms with Gasteiger partial charge in [-0.25, -0.2) is 4.68 Å². The minimum Gasteiger partial charge on any atom is -0.355 e. The zero-order chi connectivity index (χ0) is 18.6. The number of rotatable bonds is 5. The number of anilines is 1. The van der Waals surface area contributed by atoms with Crippen molar-refractivity contribution in [2.45, 2.75) is 41.0 Å². The number of amides is 2. The molecule has 0 atom stereocenters. The Hall–Kier alpha value is -2.63. The number of aromatic nitrogens is 2. The van der Waals surface area contributed by atoms with Crippen molar-refractivity contribution in [2.75, 3.05) is 11.9 Å². The predicted octanol–water partition coefficient (Wildman–Crippen LogP) is 2.98. The van der Waals surface area contributed by atoms with E-state index in [1.165, 1.54) is 0 Å². The van der Waals surface area contributed by atoms with E-state index in [2.05, 4.69) is 15.7 Å². The van der Waals surface area contributed by atoms with Crippen molar-refractivity contribution in [3.05, 3.63) is 41.7 Å². The lowest BCUT2D eigenvalue weighted by atomic mass is 9.96. The smallest absolute Gasteiger partial charge is 0.226 e. The molecule has 0 saturated heterocycles. The normalized spacial score (nSPS) is 11.2. The first-order valence-electron chi connectivity index (χ1n) is 8.38. The highest BCUT2D eigenvalue weighted by atomic mass is 16.2. The fraction of sp³-hybridized carbons (Fsp3) is 0.421. The molecule has 6 heteroatoms. The van der Waals surface area contributed by atoms with Crippen LogP contribution in [-0.4, -0.2) is 28.1 Å². The molecule has 0 aliphatic heterocycles. The van der Waals surface area contributed by atoms with Crippen LogP contribution in [-0.2, 0) is 9.59 Å². The second-order valence-electron chi connectivity index (χ2n) is 7.19. The molecule has 0 radical (unpaired) electrons. The van der Waals surface area contributed by atoms with E-state index in [1.54, 1.807) is 0 Å². The number of nitrogens with zero attached hydrogens (tertiary/aromatic N) is 2. The van der Waals surface area contributed by atoms with Gasteiger partial charge in [0.15, 0.2) is 0 Å². The van der Waals surface area contributed by atoms with Crippen LogP contribution in [0.15, 0.2) is 30.3 Å². The summed E-state index contributed by atoms with van der Waals surface area (Å²) in [5, 5.41) is 10.1. The molecule has 0 bridgehead atoms. The molecule has 0 fully saturated rings. The van der Waals surface area contributed by atoms with E-state index in [4.69, 9.17) is 0 Å². The van der Waals surface area contributed by atoms with Gasteiger partial charge in [-0.2, -0.15) is 5.10 Å². The number of carbonyl (C=O) groups excluding carboxylic acids is 2. The van der Waals surface area contributed by atoms with E-state index in [1.807, 2.05) is 69.6 Å². The van der Waals surface area contributed by atoms with Gasteiger partial charge >= 0.3 is 0 Å². The van der Waals surface area contributed by atoms with E-state index in [-0.39, 0.29) is 18.2 Å². The summed E-state index contributed by atoms with van der Waals surface area (Å²) < 4.78 is 1.84. The van der Waals surface area contributed by atoms with Crippen molar-refractivity contribution >= 4 is 17.5 Å². The first kappa shape index (κ1) is 18.7. The first-order valence-corrected chi connectivity index (χ1v) is 8.38. The Labute approximate surface area is 148 Å². The summed E-state index contributed by atoms with van der Waals surface area (Å²) in [5.41, 5.74) is 3.12. The summed E-state index contributed by atoms with van der Waals surface area (Å²) in [4.78, 5) is 23.9. The summed E-state index contributed by atoms with van der Waals surface area (Å²) in [7, 11) is 0. The van der Waals surface area contributed by atoms with Crippen LogP contribution >= 0.6 is 0 Å². The maximum atomic E-state index is 12.1. The molecule has 1 aromatic carbocycles. The number of carbonyl (C=O) groups is 2. The number of hydrogen-bond donors (Lipinski definition) is 2. The van der Waals surface area contributed by atoms with Crippen LogP contribution in [0.3, 0.4) is 0 Å². The fourth-order valence-corrected chi connectivity index (χ4v) is 2.38. The molecule has 0 unspecified atom stereocenters. The van der Waals surface area contributed by atoms with Crippen LogP contribution in [0.4, 0.5) is 5.69 Å². The van der Waals surface area contributed by atoms with Gasteiger partial charge in [0.25, 0.3) is 0 Å². The standard InChI is InChI=1S/C19H26N4O2/c1-13-11-14(2)23(22-13)16-8-6-7-15(12-16)21-17(24)9-10-20-18(25)19(3,4)5/h6-8,11-12H,9-10H2,1-5H3,(H,20,25)(H,21,24). The van der Waals surface area contributed by atoms with Gasteiger partial charge in [-0.1, -0.05) is 26.8 Å². The lowest BCUT2D eigenvalue weighted by molar-refractivity contribution is -0.128.